The lowest BCUT2D eigenvalue weighted by atomic mass is 9.92. The van der Waals surface area contributed by atoms with Gasteiger partial charge in [0.25, 0.3) is 0 Å². The van der Waals surface area contributed by atoms with Crippen LogP contribution in [0.2, 0.25) is 0 Å². The van der Waals surface area contributed by atoms with Gasteiger partial charge in [-0.1, -0.05) is 12.2 Å². The predicted octanol–water partition coefficient (Wildman–Crippen LogP) is 1.11. The van der Waals surface area contributed by atoms with Crippen molar-refractivity contribution in [1.82, 2.24) is 4.90 Å². The van der Waals surface area contributed by atoms with Gasteiger partial charge in [-0.3, -0.25) is 9.59 Å². The number of amides is 1. The largest absolute Gasteiger partial charge is 0.459 e. The van der Waals surface area contributed by atoms with E-state index < -0.39 is 0 Å². The molecule has 1 aliphatic heterocycles. The van der Waals surface area contributed by atoms with Crippen molar-refractivity contribution in [3.05, 3.63) is 12.2 Å². The maximum atomic E-state index is 12.1. The predicted molar refractivity (Wildman–Crippen MR) is 58.6 cm³/mol. The van der Waals surface area contributed by atoms with Crippen molar-refractivity contribution in [2.75, 3.05) is 0 Å². The van der Waals surface area contributed by atoms with Crippen LogP contribution in [0.1, 0.15) is 27.2 Å². The lowest BCUT2D eigenvalue weighted by Crippen LogP contribution is -2.41. The SMILES string of the molecule is CC(=O)O[C@H]1[C@@H]2CC=C[C@H]1N(C(C)C)C2=O. The zero-order valence-corrected chi connectivity index (χ0v) is 9.84. The Morgan fingerprint density at radius 1 is 1.56 bits per heavy atom. The van der Waals surface area contributed by atoms with E-state index in [1.165, 1.54) is 6.92 Å². The van der Waals surface area contributed by atoms with Crippen LogP contribution in [0.3, 0.4) is 0 Å². The number of likely N-dealkylation sites (tertiary alicyclic amines) is 1. The van der Waals surface area contributed by atoms with Crippen LogP contribution >= 0.6 is 0 Å². The van der Waals surface area contributed by atoms with Crippen LogP contribution in [-0.2, 0) is 14.3 Å². The van der Waals surface area contributed by atoms with Crippen LogP contribution in [0, 0.1) is 5.92 Å². The van der Waals surface area contributed by atoms with Crippen LogP contribution in [-0.4, -0.2) is 35.0 Å². The molecule has 0 saturated carbocycles. The third-order valence-corrected chi connectivity index (χ3v) is 3.21. The first kappa shape index (κ1) is 11.2. The summed E-state index contributed by atoms with van der Waals surface area (Å²) in [6.07, 6.45) is 4.37. The number of nitrogens with zero attached hydrogens (tertiary/aromatic N) is 1. The highest BCUT2D eigenvalue weighted by Gasteiger charge is 2.50. The van der Waals surface area contributed by atoms with Gasteiger partial charge in [0.2, 0.25) is 5.91 Å². The molecule has 3 atom stereocenters. The average Bonchev–Trinajstić information content (AvgIpc) is 2.34. The first-order valence-electron chi connectivity index (χ1n) is 5.68. The topological polar surface area (TPSA) is 46.6 Å². The Hall–Kier alpha value is -1.32. The summed E-state index contributed by atoms with van der Waals surface area (Å²) < 4.78 is 5.28. The molecular formula is C12H17NO3. The molecule has 0 aromatic heterocycles. The van der Waals surface area contributed by atoms with Crippen molar-refractivity contribution in [2.24, 2.45) is 5.92 Å². The fraction of sp³-hybridized carbons (Fsp3) is 0.667. The quantitative estimate of drug-likeness (QED) is 0.520. The Morgan fingerprint density at radius 3 is 2.81 bits per heavy atom. The third kappa shape index (κ3) is 1.62. The summed E-state index contributed by atoms with van der Waals surface area (Å²) in [7, 11) is 0. The zero-order chi connectivity index (χ0) is 11.9. The summed E-state index contributed by atoms with van der Waals surface area (Å²) in [5, 5.41) is 0. The second kappa shape index (κ2) is 3.92. The lowest BCUT2D eigenvalue weighted by Gasteiger charge is -2.29. The summed E-state index contributed by atoms with van der Waals surface area (Å²) >= 11 is 0. The lowest BCUT2D eigenvalue weighted by molar-refractivity contribution is -0.149. The van der Waals surface area contributed by atoms with Gasteiger partial charge in [-0.15, -0.1) is 0 Å². The molecule has 0 aromatic rings. The van der Waals surface area contributed by atoms with E-state index in [2.05, 4.69) is 0 Å². The normalized spacial score (nSPS) is 32.4. The fourth-order valence-electron chi connectivity index (χ4n) is 2.62. The highest BCUT2D eigenvalue weighted by atomic mass is 16.5. The Balaban J connectivity index is 2.27. The number of rotatable bonds is 2. The maximum Gasteiger partial charge on any atom is 0.303 e. The maximum absolute atomic E-state index is 12.1. The molecule has 1 saturated heterocycles. The molecule has 4 nitrogen and oxygen atoms in total. The van der Waals surface area contributed by atoms with Crippen LogP contribution in [0.15, 0.2) is 12.2 Å². The van der Waals surface area contributed by atoms with E-state index in [-0.39, 0.29) is 36.0 Å². The standard InChI is InChI=1S/C12H17NO3/c1-7(2)13-10-6-4-5-9(12(13)15)11(10)16-8(3)14/h4,6-7,9-11H,5H2,1-3H3/t9-,10+,11-/m0/s1. The molecule has 1 fully saturated rings. The Labute approximate surface area is 95.2 Å². The van der Waals surface area contributed by atoms with E-state index in [4.69, 9.17) is 4.74 Å². The minimum atomic E-state index is -0.311. The molecule has 16 heavy (non-hydrogen) atoms. The molecule has 0 unspecified atom stereocenters. The summed E-state index contributed by atoms with van der Waals surface area (Å²) in [5.74, 6) is -0.383. The molecule has 0 radical (unpaired) electrons. The van der Waals surface area contributed by atoms with Crippen LogP contribution in [0.4, 0.5) is 0 Å². The van der Waals surface area contributed by atoms with Crippen LogP contribution < -0.4 is 0 Å². The number of hydrogen-bond acceptors (Lipinski definition) is 3. The van der Waals surface area contributed by atoms with Crippen molar-refractivity contribution in [3.63, 3.8) is 0 Å². The monoisotopic (exact) mass is 223 g/mol. The Kier molecular flexibility index (Phi) is 2.74. The number of carbonyl (C=O) groups is 2. The second-order valence-corrected chi connectivity index (χ2v) is 4.67. The number of allylic oxidation sites excluding steroid dienone is 1. The Bertz CT molecular complexity index is 348. The van der Waals surface area contributed by atoms with E-state index in [1.54, 1.807) is 0 Å². The molecule has 0 aromatic carbocycles. The average molecular weight is 223 g/mol. The third-order valence-electron chi connectivity index (χ3n) is 3.21. The van der Waals surface area contributed by atoms with Crippen molar-refractivity contribution >= 4 is 11.9 Å². The molecule has 0 N–H and O–H groups in total. The summed E-state index contributed by atoms with van der Waals surface area (Å²) in [6, 6.07) is 0.0680. The number of hydrogen-bond donors (Lipinski definition) is 0. The number of fused-ring (bicyclic) bond motifs is 2. The first-order chi connectivity index (χ1) is 7.52. The summed E-state index contributed by atoms with van der Waals surface area (Å²) in [6.45, 7) is 5.36. The molecule has 1 aliphatic carbocycles. The van der Waals surface area contributed by atoms with Crippen molar-refractivity contribution in [2.45, 2.75) is 45.4 Å². The smallest absolute Gasteiger partial charge is 0.303 e. The minimum absolute atomic E-state index is 0.0739. The van der Waals surface area contributed by atoms with Crippen LogP contribution in [0.5, 0.6) is 0 Å². The van der Waals surface area contributed by atoms with Crippen molar-refractivity contribution < 1.29 is 14.3 Å². The minimum Gasteiger partial charge on any atom is -0.459 e. The highest BCUT2D eigenvalue weighted by molar-refractivity contribution is 5.84. The van der Waals surface area contributed by atoms with Gasteiger partial charge in [-0.2, -0.15) is 0 Å². The molecule has 2 rings (SSSR count). The molecule has 2 aliphatic rings. The number of ether oxygens (including phenoxy) is 1. The van der Waals surface area contributed by atoms with Gasteiger partial charge in [0.05, 0.1) is 12.0 Å². The Morgan fingerprint density at radius 2 is 2.25 bits per heavy atom. The van der Waals surface area contributed by atoms with Gasteiger partial charge in [-0.25, -0.2) is 0 Å². The summed E-state index contributed by atoms with van der Waals surface area (Å²) in [4.78, 5) is 25.0. The molecule has 4 heteroatoms. The second-order valence-electron chi connectivity index (χ2n) is 4.67. The van der Waals surface area contributed by atoms with Gasteiger partial charge < -0.3 is 9.64 Å². The van der Waals surface area contributed by atoms with Gasteiger partial charge in [-0.05, 0) is 20.3 Å². The molecule has 1 heterocycles. The fourth-order valence-corrected chi connectivity index (χ4v) is 2.62. The molecular weight excluding hydrogens is 206 g/mol. The molecule has 88 valence electrons. The van der Waals surface area contributed by atoms with E-state index in [9.17, 15) is 9.59 Å². The number of carbonyl (C=O) groups excluding carboxylic acids is 2. The van der Waals surface area contributed by atoms with E-state index in [1.807, 2.05) is 30.9 Å². The van der Waals surface area contributed by atoms with Gasteiger partial charge >= 0.3 is 5.97 Å². The zero-order valence-electron chi connectivity index (χ0n) is 9.84. The molecule has 1 amide bonds. The highest BCUT2D eigenvalue weighted by Crippen LogP contribution is 2.36. The van der Waals surface area contributed by atoms with E-state index >= 15 is 0 Å². The van der Waals surface area contributed by atoms with Crippen LogP contribution in [0.25, 0.3) is 0 Å². The van der Waals surface area contributed by atoms with Gasteiger partial charge in [0, 0.05) is 13.0 Å². The van der Waals surface area contributed by atoms with Gasteiger partial charge in [0.1, 0.15) is 6.10 Å². The molecule has 2 bridgehead atoms. The van der Waals surface area contributed by atoms with Gasteiger partial charge in [0.15, 0.2) is 0 Å². The summed E-state index contributed by atoms with van der Waals surface area (Å²) in [5.41, 5.74) is 0. The van der Waals surface area contributed by atoms with Crippen molar-refractivity contribution in [3.8, 4) is 0 Å². The van der Waals surface area contributed by atoms with Crippen molar-refractivity contribution in [1.29, 1.82) is 0 Å². The molecule has 0 spiro atoms. The first-order valence-corrected chi connectivity index (χ1v) is 5.68. The van der Waals surface area contributed by atoms with E-state index in [0.717, 1.165) is 0 Å². The number of esters is 1. The van der Waals surface area contributed by atoms with E-state index in [0.29, 0.717) is 6.42 Å².